The summed E-state index contributed by atoms with van der Waals surface area (Å²) in [6.07, 6.45) is 0.339. The van der Waals surface area contributed by atoms with E-state index in [1.54, 1.807) is 19.1 Å². The Morgan fingerprint density at radius 3 is 2.94 bits per heavy atom. The molecule has 0 atom stereocenters. The Bertz CT molecular complexity index is 524. The van der Waals surface area contributed by atoms with E-state index in [0.29, 0.717) is 22.0 Å². The molecule has 0 fully saturated rings. The lowest BCUT2D eigenvalue weighted by Crippen LogP contribution is -2.03. The summed E-state index contributed by atoms with van der Waals surface area (Å²) >= 11 is 6.99. The lowest BCUT2D eigenvalue weighted by molar-refractivity contribution is 0.0996. The van der Waals surface area contributed by atoms with Crippen LogP contribution in [0.2, 0.25) is 5.02 Å². The quantitative estimate of drug-likeness (QED) is 0.789. The van der Waals surface area contributed by atoms with Crippen LogP contribution >= 0.6 is 23.1 Å². The van der Waals surface area contributed by atoms with E-state index in [9.17, 15) is 4.79 Å². The highest BCUT2D eigenvalue weighted by Gasteiger charge is 2.13. The number of carbonyl (C=O) groups excluding carboxylic acids is 1. The lowest BCUT2D eigenvalue weighted by Gasteiger charge is -1.99. The van der Waals surface area contributed by atoms with Crippen LogP contribution in [-0.2, 0) is 6.42 Å². The highest BCUT2D eigenvalue weighted by atomic mass is 35.5. The van der Waals surface area contributed by atoms with Crippen LogP contribution in [0.5, 0.6) is 0 Å². The minimum absolute atomic E-state index is 0.0368. The molecule has 2 rings (SSSR count). The van der Waals surface area contributed by atoms with Crippen molar-refractivity contribution in [2.75, 3.05) is 0 Å². The molecule has 82 valence electrons. The molecule has 16 heavy (non-hydrogen) atoms. The summed E-state index contributed by atoms with van der Waals surface area (Å²) < 4.78 is 3.75. The highest BCUT2D eigenvalue weighted by Crippen LogP contribution is 2.16. The summed E-state index contributed by atoms with van der Waals surface area (Å²) in [4.78, 5) is 12.5. The van der Waals surface area contributed by atoms with Crippen LogP contribution in [0.3, 0.4) is 0 Å². The van der Waals surface area contributed by atoms with Gasteiger partial charge in [-0.05, 0) is 36.2 Å². The van der Waals surface area contributed by atoms with Gasteiger partial charge in [-0.3, -0.25) is 4.79 Å². The molecule has 0 aliphatic carbocycles. The Labute approximate surface area is 102 Å². The smallest absolute Gasteiger partial charge is 0.180 e. The van der Waals surface area contributed by atoms with Crippen molar-refractivity contribution in [1.82, 2.24) is 9.59 Å². The van der Waals surface area contributed by atoms with Crippen LogP contribution in [-0.4, -0.2) is 15.4 Å². The third kappa shape index (κ3) is 2.46. The molecule has 0 amide bonds. The Hall–Kier alpha value is -1.26. The Morgan fingerprint density at radius 1 is 1.50 bits per heavy atom. The predicted molar refractivity (Wildman–Crippen MR) is 64.1 cm³/mol. The fraction of sp³-hybridized carbons (Fsp3) is 0.182. The Morgan fingerprint density at radius 2 is 2.31 bits per heavy atom. The molecular formula is C11H9ClN2OS. The molecule has 0 unspecified atom stereocenters. The van der Waals surface area contributed by atoms with Crippen LogP contribution in [0.1, 0.15) is 20.9 Å². The molecule has 5 heteroatoms. The molecule has 0 saturated carbocycles. The number of halogens is 1. The standard InChI is InChI=1S/C11H9ClN2OS/c1-7-11(16-14-13-7)10(15)6-8-3-2-4-9(12)5-8/h2-5H,6H2,1H3. The topological polar surface area (TPSA) is 42.9 Å². The number of hydrogen-bond donors (Lipinski definition) is 0. The van der Waals surface area contributed by atoms with Crippen LogP contribution in [0.25, 0.3) is 0 Å². The van der Waals surface area contributed by atoms with Crippen LogP contribution in [0.4, 0.5) is 0 Å². The fourth-order valence-corrected chi connectivity index (χ4v) is 2.20. The lowest BCUT2D eigenvalue weighted by atomic mass is 10.1. The van der Waals surface area contributed by atoms with Gasteiger partial charge < -0.3 is 0 Å². The number of benzene rings is 1. The first kappa shape index (κ1) is 11.2. The largest absolute Gasteiger partial charge is 0.293 e. The van der Waals surface area contributed by atoms with Gasteiger partial charge in [0, 0.05) is 11.4 Å². The van der Waals surface area contributed by atoms with Crippen molar-refractivity contribution in [1.29, 1.82) is 0 Å². The zero-order chi connectivity index (χ0) is 11.5. The first-order valence-corrected chi connectivity index (χ1v) is 5.88. The first-order valence-electron chi connectivity index (χ1n) is 4.73. The second kappa shape index (κ2) is 4.72. The number of carbonyl (C=O) groups is 1. The number of Topliss-reactive ketones (excluding diaryl/α,β-unsaturated/α-hetero) is 1. The summed E-state index contributed by atoms with van der Waals surface area (Å²) in [6.45, 7) is 1.79. The van der Waals surface area contributed by atoms with E-state index < -0.39 is 0 Å². The maximum Gasteiger partial charge on any atom is 0.180 e. The molecule has 3 nitrogen and oxygen atoms in total. The zero-order valence-corrected chi connectivity index (χ0v) is 10.2. The van der Waals surface area contributed by atoms with Crippen molar-refractivity contribution in [3.05, 3.63) is 45.4 Å². The summed E-state index contributed by atoms with van der Waals surface area (Å²) in [5, 5.41) is 4.46. The molecule has 1 heterocycles. The van der Waals surface area contributed by atoms with Gasteiger partial charge in [-0.1, -0.05) is 28.2 Å². The summed E-state index contributed by atoms with van der Waals surface area (Å²) in [6, 6.07) is 7.30. The van der Waals surface area contributed by atoms with Gasteiger partial charge in [0.05, 0.1) is 5.69 Å². The minimum Gasteiger partial charge on any atom is -0.293 e. The number of aryl methyl sites for hydroxylation is 1. The first-order chi connectivity index (χ1) is 7.66. The number of aromatic nitrogens is 2. The van der Waals surface area contributed by atoms with Gasteiger partial charge >= 0.3 is 0 Å². The molecule has 0 bridgehead atoms. The second-order valence-electron chi connectivity index (χ2n) is 3.42. The normalized spacial score (nSPS) is 10.4. The van der Waals surface area contributed by atoms with Gasteiger partial charge in [-0.25, -0.2) is 0 Å². The highest BCUT2D eigenvalue weighted by molar-refractivity contribution is 7.08. The minimum atomic E-state index is 0.0368. The molecule has 0 radical (unpaired) electrons. The van der Waals surface area contributed by atoms with Crippen LogP contribution in [0.15, 0.2) is 24.3 Å². The van der Waals surface area contributed by atoms with Crippen molar-refractivity contribution in [2.45, 2.75) is 13.3 Å². The summed E-state index contributed by atoms with van der Waals surface area (Å²) in [7, 11) is 0. The molecule has 0 aliphatic heterocycles. The van der Waals surface area contributed by atoms with Crippen molar-refractivity contribution < 1.29 is 4.79 Å². The number of rotatable bonds is 3. The van der Waals surface area contributed by atoms with Gasteiger partial charge in [-0.15, -0.1) is 5.10 Å². The Kier molecular flexibility index (Phi) is 3.31. The molecule has 0 aliphatic rings. The van der Waals surface area contributed by atoms with E-state index >= 15 is 0 Å². The molecule has 1 aromatic heterocycles. The van der Waals surface area contributed by atoms with E-state index in [2.05, 4.69) is 9.59 Å². The maximum absolute atomic E-state index is 11.9. The van der Waals surface area contributed by atoms with Gasteiger partial charge in [0.1, 0.15) is 4.88 Å². The van der Waals surface area contributed by atoms with Gasteiger partial charge in [0.25, 0.3) is 0 Å². The Balaban J connectivity index is 2.17. The monoisotopic (exact) mass is 252 g/mol. The van der Waals surface area contributed by atoms with E-state index in [0.717, 1.165) is 17.1 Å². The fourth-order valence-electron chi connectivity index (χ4n) is 1.40. The number of ketones is 1. The van der Waals surface area contributed by atoms with E-state index in [-0.39, 0.29) is 5.78 Å². The average Bonchev–Trinajstić information content (AvgIpc) is 2.64. The summed E-state index contributed by atoms with van der Waals surface area (Å²) in [5.74, 6) is 0.0368. The van der Waals surface area contributed by atoms with Crippen LogP contribution in [0, 0.1) is 6.92 Å². The second-order valence-corrected chi connectivity index (χ2v) is 4.61. The van der Waals surface area contributed by atoms with Crippen LogP contribution < -0.4 is 0 Å². The zero-order valence-electron chi connectivity index (χ0n) is 8.61. The van der Waals surface area contributed by atoms with Crippen molar-refractivity contribution in [3.8, 4) is 0 Å². The van der Waals surface area contributed by atoms with Crippen molar-refractivity contribution in [2.24, 2.45) is 0 Å². The number of nitrogens with zero attached hydrogens (tertiary/aromatic N) is 2. The third-order valence-electron chi connectivity index (χ3n) is 2.16. The number of hydrogen-bond acceptors (Lipinski definition) is 4. The predicted octanol–water partition coefficient (Wildman–Crippen LogP) is 2.93. The van der Waals surface area contributed by atoms with Crippen molar-refractivity contribution in [3.63, 3.8) is 0 Å². The molecule has 2 aromatic rings. The molecule has 0 N–H and O–H groups in total. The van der Waals surface area contributed by atoms with Gasteiger partial charge in [0.15, 0.2) is 5.78 Å². The maximum atomic E-state index is 11.9. The molecule has 0 spiro atoms. The van der Waals surface area contributed by atoms with Crippen molar-refractivity contribution >= 4 is 28.9 Å². The molecule has 1 aromatic carbocycles. The van der Waals surface area contributed by atoms with E-state index in [1.807, 2.05) is 12.1 Å². The van der Waals surface area contributed by atoms with E-state index in [1.165, 1.54) is 0 Å². The van der Waals surface area contributed by atoms with Gasteiger partial charge in [0.2, 0.25) is 0 Å². The summed E-state index contributed by atoms with van der Waals surface area (Å²) in [5.41, 5.74) is 1.60. The molecular weight excluding hydrogens is 244 g/mol. The SMILES string of the molecule is Cc1nnsc1C(=O)Cc1cccc(Cl)c1. The third-order valence-corrected chi connectivity index (χ3v) is 3.26. The van der Waals surface area contributed by atoms with Gasteiger partial charge in [-0.2, -0.15) is 0 Å². The average molecular weight is 253 g/mol. The van der Waals surface area contributed by atoms with E-state index in [4.69, 9.17) is 11.6 Å². The molecule has 0 saturated heterocycles.